The third-order valence-electron chi connectivity index (χ3n) is 4.74. The summed E-state index contributed by atoms with van der Waals surface area (Å²) in [5.41, 5.74) is 0.394. The van der Waals surface area contributed by atoms with Gasteiger partial charge in [0.25, 0.3) is 0 Å². The molecule has 0 bridgehead atoms. The van der Waals surface area contributed by atoms with Gasteiger partial charge in [-0.25, -0.2) is 0 Å². The van der Waals surface area contributed by atoms with Crippen LogP contribution in [0.15, 0.2) is 0 Å². The van der Waals surface area contributed by atoms with E-state index in [1.807, 2.05) is 11.8 Å². The zero-order valence-electron chi connectivity index (χ0n) is 12.5. The van der Waals surface area contributed by atoms with Gasteiger partial charge in [-0.2, -0.15) is 11.8 Å². The number of hydrogen-bond donors (Lipinski definition) is 1. The molecule has 2 nitrogen and oxygen atoms in total. The van der Waals surface area contributed by atoms with E-state index in [1.165, 1.54) is 44.6 Å². The molecule has 0 aromatic carbocycles. The molecule has 0 radical (unpaired) electrons. The Balaban J connectivity index is 1.94. The molecular formula is C15H30N2S. The summed E-state index contributed by atoms with van der Waals surface area (Å²) in [6.45, 7) is 10.9. The van der Waals surface area contributed by atoms with Crippen LogP contribution in [-0.2, 0) is 0 Å². The van der Waals surface area contributed by atoms with Gasteiger partial charge >= 0.3 is 0 Å². The molecule has 1 aliphatic heterocycles. The fourth-order valence-corrected chi connectivity index (χ4v) is 4.11. The van der Waals surface area contributed by atoms with Gasteiger partial charge in [-0.3, -0.25) is 4.90 Å². The highest BCUT2D eigenvalue weighted by Crippen LogP contribution is 2.41. The molecule has 2 aliphatic rings. The summed E-state index contributed by atoms with van der Waals surface area (Å²) in [5.74, 6) is 3.05. The van der Waals surface area contributed by atoms with Crippen molar-refractivity contribution in [1.82, 2.24) is 10.2 Å². The predicted molar refractivity (Wildman–Crippen MR) is 82.3 cm³/mol. The summed E-state index contributed by atoms with van der Waals surface area (Å²) in [6, 6.07) is 0.751. The van der Waals surface area contributed by atoms with Crippen molar-refractivity contribution < 1.29 is 0 Å². The number of nitrogens with zero attached hydrogens (tertiary/aromatic N) is 1. The third-order valence-corrected chi connectivity index (χ3v) is 5.64. The second-order valence-corrected chi connectivity index (χ2v) is 7.54. The first kappa shape index (κ1) is 14.7. The van der Waals surface area contributed by atoms with Crippen LogP contribution in [0.25, 0.3) is 0 Å². The minimum atomic E-state index is 0.394. The van der Waals surface area contributed by atoms with Crippen molar-refractivity contribution in [2.75, 3.05) is 31.6 Å². The molecular weight excluding hydrogens is 240 g/mol. The summed E-state index contributed by atoms with van der Waals surface area (Å²) in [7, 11) is 0. The monoisotopic (exact) mass is 270 g/mol. The molecule has 0 aromatic heterocycles. The summed E-state index contributed by atoms with van der Waals surface area (Å²) in [5, 5.41) is 3.85. The van der Waals surface area contributed by atoms with Crippen molar-refractivity contribution in [1.29, 1.82) is 0 Å². The highest BCUT2D eigenvalue weighted by atomic mass is 32.2. The highest BCUT2D eigenvalue weighted by Gasteiger charge is 2.45. The fraction of sp³-hybridized carbons (Fsp3) is 1.00. The summed E-state index contributed by atoms with van der Waals surface area (Å²) in [4.78, 5) is 2.77. The van der Waals surface area contributed by atoms with Gasteiger partial charge in [-0.15, -0.1) is 0 Å². The van der Waals surface area contributed by atoms with Crippen molar-refractivity contribution in [3.05, 3.63) is 0 Å². The molecule has 1 saturated carbocycles. The van der Waals surface area contributed by atoms with Crippen LogP contribution >= 0.6 is 11.8 Å². The fourth-order valence-electron chi connectivity index (χ4n) is 3.43. The third kappa shape index (κ3) is 3.43. The minimum absolute atomic E-state index is 0.394. The van der Waals surface area contributed by atoms with Crippen LogP contribution in [0.2, 0.25) is 0 Å². The standard InChI is InChI=1S/C15H30N2S/c1-5-14-8-16-15(3,13-6-7-13)11-17(14)9-12(2)10-18-4/h12-14,16H,5-11H2,1-4H3. The Bertz CT molecular complexity index is 267. The smallest absolute Gasteiger partial charge is 0.0309 e. The Kier molecular flexibility index (Phi) is 5.01. The number of hydrogen-bond acceptors (Lipinski definition) is 3. The van der Waals surface area contributed by atoms with Gasteiger partial charge in [-0.05, 0) is 50.0 Å². The second kappa shape index (κ2) is 6.15. The first-order valence-electron chi connectivity index (χ1n) is 7.57. The van der Waals surface area contributed by atoms with Crippen molar-refractivity contribution in [3.8, 4) is 0 Å². The zero-order valence-corrected chi connectivity index (χ0v) is 13.4. The summed E-state index contributed by atoms with van der Waals surface area (Å²) < 4.78 is 0. The van der Waals surface area contributed by atoms with E-state index in [4.69, 9.17) is 0 Å². The van der Waals surface area contributed by atoms with Gasteiger partial charge in [0.1, 0.15) is 0 Å². The lowest BCUT2D eigenvalue weighted by atomic mass is 9.90. The molecule has 3 heteroatoms. The van der Waals surface area contributed by atoms with Crippen LogP contribution in [0.1, 0.15) is 40.0 Å². The second-order valence-electron chi connectivity index (χ2n) is 6.62. The molecule has 106 valence electrons. The van der Waals surface area contributed by atoms with E-state index >= 15 is 0 Å². The first-order chi connectivity index (χ1) is 8.59. The quantitative estimate of drug-likeness (QED) is 0.799. The van der Waals surface area contributed by atoms with E-state index < -0.39 is 0 Å². The average molecular weight is 270 g/mol. The van der Waals surface area contributed by atoms with Gasteiger partial charge < -0.3 is 5.32 Å². The SMILES string of the molecule is CCC1CNC(C)(C2CC2)CN1CC(C)CSC. The molecule has 1 heterocycles. The predicted octanol–water partition coefficient (Wildman–Crippen LogP) is 2.84. The molecule has 1 aliphatic carbocycles. The largest absolute Gasteiger partial charge is 0.308 e. The minimum Gasteiger partial charge on any atom is -0.308 e. The first-order valence-corrected chi connectivity index (χ1v) is 8.96. The van der Waals surface area contributed by atoms with E-state index in [0.29, 0.717) is 5.54 Å². The van der Waals surface area contributed by atoms with E-state index in [1.54, 1.807) is 0 Å². The van der Waals surface area contributed by atoms with Crippen molar-refractivity contribution in [2.45, 2.75) is 51.6 Å². The lowest BCUT2D eigenvalue weighted by Crippen LogP contribution is -2.64. The van der Waals surface area contributed by atoms with Crippen LogP contribution < -0.4 is 5.32 Å². The zero-order chi connectivity index (χ0) is 13.2. The Morgan fingerprint density at radius 2 is 2.17 bits per heavy atom. The van der Waals surface area contributed by atoms with Gasteiger partial charge in [0.05, 0.1) is 0 Å². The number of rotatable bonds is 6. The van der Waals surface area contributed by atoms with Gasteiger partial charge in [0, 0.05) is 31.2 Å². The van der Waals surface area contributed by atoms with E-state index in [0.717, 1.165) is 17.9 Å². The molecule has 0 aromatic rings. The lowest BCUT2D eigenvalue weighted by Gasteiger charge is -2.47. The Morgan fingerprint density at radius 1 is 1.44 bits per heavy atom. The van der Waals surface area contributed by atoms with Crippen LogP contribution in [0.4, 0.5) is 0 Å². The highest BCUT2D eigenvalue weighted by molar-refractivity contribution is 7.98. The molecule has 3 atom stereocenters. The maximum Gasteiger partial charge on any atom is 0.0309 e. The Morgan fingerprint density at radius 3 is 2.72 bits per heavy atom. The summed E-state index contributed by atoms with van der Waals surface area (Å²) in [6.07, 6.45) is 6.38. The molecule has 1 N–H and O–H groups in total. The van der Waals surface area contributed by atoms with E-state index in [-0.39, 0.29) is 0 Å². The molecule has 1 saturated heterocycles. The van der Waals surface area contributed by atoms with E-state index in [2.05, 4.69) is 37.2 Å². The Labute approximate surface area is 117 Å². The van der Waals surface area contributed by atoms with Crippen LogP contribution in [-0.4, -0.2) is 48.1 Å². The maximum absolute atomic E-state index is 3.85. The number of thioether (sulfide) groups is 1. The topological polar surface area (TPSA) is 15.3 Å². The lowest BCUT2D eigenvalue weighted by molar-refractivity contribution is 0.0639. The number of nitrogens with one attached hydrogen (secondary N) is 1. The molecule has 0 amide bonds. The maximum atomic E-state index is 3.85. The molecule has 2 fully saturated rings. The molecule has 18 heavy (non-hydrogen) atoms. The van der Waals surface area contributed by atoms with Crippen molar-refractivity contribution in [2.24, 2.45) is 11.8 Å². The van der Waals surface area contributed by atoms with Gasteiger partial charge in [0.15, 0.2) is 0 Å². The van der Waals surface area contributed by atoms with Crippen LogP contribution in [0.3, 0.4) is 0 Å². The average Bonchev–Trinajstić information content (AvgIpc) is 3.13. The van der Waals surface area contributed by atoms with Gasteiger partial charge in [0.2, 0.25) is 0 Å². The van der Waals surface area contributed by atoms with Crippen molar-refractivity contribution in [3.63, 3.8) is 0 Å². The van der Waals surface area contributed by atoms with Crippen molar-refractivity contribution >= 4 is 11.8 Å². The molecule has 3 unspecified atom stereocenters. The van der Waals surface area contributed by atoms with E-state index in [9.17, 15) is 0 Å². The van der Waals surface area contributed by atoms with Crippen LogP contribution in [0, 0.1) is 11.8 Å². The Hall–Kier alpha value is 0.270. The van der Waals surface area contributed by atoms with Gasteiger partial charge in [-0.1, -0.05) is 13.8 Å². The molecule has 2 rings (SSSR count). The van der Waals surface area contributed by atoms with Crippen LogP contribution in [0.5, 0.6) is 0 Å². The molecule has 0 spiro atoms. The number of piperazine rings is 1. The normalized spacial score (nSPS) is 35.7. The summed E-state index contributed by atoms with van der Waals surface area (Å²) >= 11 is 1.98.